The molecule has 1 N–H and O–H groups in total. The molecule has 0 saturated heterocycles. The number of rotatable bonds is 1. The summed E-state index contributed by atoms with van der Waals surface area (Å²) in [5, 5.41) is 10.1. The zero-order valence-electron chi connectivity index (χ0n) is 9.00. The van der Waals surface area contributed by atoms with Crippen molar-refractivity contribution in [2.24, 2.45) is 0 Å². The lowest BCUT2D eigenvalue weighted by Crippen LogP contribution is -2.01. The van der Waals surface area contributed by atoms with Crippen LogP contribution in [0.4, 0.5) is 0 Å². The Kier molecular flexibility index (Phi) is 2.64. The molecule has 84 valence electrons. The van der Waals surface area contributed by atoms with E-state index in [0.29, 0.717) is 10.6 Å². The number of hydrogen-bond acceptors (Lipinski definition) is 3. The number of aliphatic hydroxyl groups excluding tert-OH is 1. The third kappa shape index (κ3) is 1.67. The summed E-state index contributed by atoms with van der Waals surface area (Å²) < 4.78 is 4.75. The molecule has 0 unspecified atom stereocenters. The van der Waals surface area contributed by atoms with Crippen molar-refractivity contribution in [2.45, 2.75) is 13.8 Å². The van der Waals surface area contributed by atoms with E-state index in [1.54, 1.807) is 6.07 Å². The van der Waals surface area contributed by atoms with Crippen LogP contribution in [0.2, 0.25) is 5.02 Å². The molecule has 3 nitrogen and oxygen atoms in total. The third-order valence-electron chi connectivity index (χ3n) is 2.51. The fourth-order valence-electron chi connectivity index (χ4n) is 1.87. The molecule has 1 aromatic carbocycles. The maximum Gasteiger partial charge on any atom is 0.342 e. The molecule has 2 rings (SSSR count). The number of aliphatic hydroxyl groups is 1. The van der Waals surface area contributed by atoms with E-state index >= 15 is 0 Å². The number of halogens is 1. The molecular weight excluding hydrogens is 228 g/mol. The Morgan fingerprint density at radius 2 is 2.06 bits per heavy atom. The van der Waals surface area contributed by atoms with E-state index in [1.165, 1.54) is 0 Å². The molecule has 0 fully saturated rings. The number of aryl methyl sites for hydroxylation is 2. The van der Waals surface area contributed by atoms with Crippen LogP contribution >= 0.6 is 11.6 Å². The van der Waals surface area contributed by atoms with Crippen molar-refractivity contribution in [3.8, 4) is 0 Å². The number of carbonyl (C=O) groups is 1. The maximum atomic E-state index is 11.5. The highest BCUT2D eigenvalue weighted by Gasteiger charge is 2.28. The minimum absolute atomic E-state index is 0.0566. The zero-order chi connectivity index (χ0) is 11.9. The van der Waals surface area contributed by atoms with Crippen molar-refractivity contribution < 1.29 is 14.6 Å². The van der Waals surface area contributed by atoms with Gasteiger partial charge < -0.3 is 9.84 Å². The number of benzene rings is 1. The number of carbonyl (C=O) groups excluding carboxylic acids is 1. The van der Waals surface area contributed by atoms with Gasteiger partial charge in [0, 0.05) is 10.6 Å². The minimum atomic E-state index is -0.522. The van der Waals surface area contributed by atoms with Crippen LogP contribution < -0.4 is 0 Å². The predicted octanol–water partition coefficient (Wildman–Crippen LogP) is 2.78. The largest absolute Gasteiger partial charge is 0.508 e. The smallest absolute Gasteiger partial charge is 0.342 e. The van der Waals surface area contributed by atoms with Gasteiger partial charge in [-0.1, -0.05) is 17.7 Å². The van der Waals surface area contributed by atoms with Gasteiger partial charge in [0.2, 0.25) is 0 Å². The second kappa shape index (κ2) is 3.83. The molecular formula is C12H11ClO3. The van der Waals surface area contributed by atoms with Crippen molar-refractivity contribution in [1.82, 2.24) is 0 Å². The van der Waals surface area contributed by atoms with Gasteiger partial charge in [0.15, 0.2) is 0 Å². The van der Waals surface area contributed by atoms with E-state index in [-0.39, 0.29) is 17.9 Å². The van der Waals surface area contributed by atoms with E-state index in [0.717, 1.165) is 11.1 Å². The second-order valence-electron chi connectivity index (χ2n) is 3.84. The summed E-state index contributed by atoms with van der Waals surface area (Å²) in [6.45, 7) is 3.70. The monoisotopic (exact) mass is 238 g/mol. The summed E-state index contributed by atoms with van der Waals surface area (Å²) in [5.41, 5.74) is 2.61. The number of hydrogen-bond donors (Lipinski definition) is 1. The van der Waals surface area contributed by atoms with Crippen LogP contribution in [0.5, 0.6) is 0 Å². The lowest BCUT2D eigenvalue weighted by molar-refractivity contribution is -0.134. The van der Waals surface area contributed by atoms with Gasteiger partial charge in [-0.2, -0.15) is 0 Å². The van der Waals surface area contributed by atoms with Crippen LogP contribution in [-0.4, -0.2) is 17.7 Å². The van der Waals surface area contributed by atoms with Gasteiger partial charge in [-0.25, -0.2) is 4.79 Å². The first-order valence-electron chi connectivity index (χ1n) is 4.87. The summed E-state index contributed by atoms with van der Waals surface area (Å²) >= 11 is 6.09. The SMILES string of the molecule is Cc1cc(C)c(C2=C(O)COC2=O)c(Cl)c1. The van der Waals surface area contributed by atoms with E-state index in [4.69, 9.17) is 16.3 Å². The highest BCUT2D eigenvalue weighted by Crippen LogP contribution is 2.33. The van der Waals surface area contributed by atoms with Gasteiger partial charge >= 0.3 is 5.97 Å². The summed E-state index contributed by atoms with van der Waals surface area (Å²) in [6.07, 6.45) is 0. The van der Waals surface area contributed by atoms with Crippen LogP contribution in [0.15, 0.2) is 17.9 Å². The van der Waals surface area contributed by atoms with Gasteiger partial charge in [0.05, 0.1) is 0 Å². The lowest BCUT2D eigenvalue weighted by Gasteiger charge is -2.09. The first kappa shape index (κ1) is 11.0. The van der Waals surface area contributed by atoms with Crippen LogP contribution in [0.1, 0.15) is 16.7 Å². The van der Waals surface area contributed by atoms with Gasteiger partial charge in [0.1, 0.15) is 17.9 Å². The maximum absolute atomic E-state index is 11.5. The quantitative estimate of drug-likeness (QED) is 0.766. The van der Waals surface area contributed by atoms with E-state index in [1.807, 2.05) is 19.9 Å². The predicted molar refractivity (Wildman–Crippen MR) is 61.4 cm³/mol. The highest BCUT2D eigenvalue weighted by atomic mass is 35.5. The highest BCUT2D eigenvalue weighted by molar-refractivity contribution is 6.35. The number of cyclic esters (lactones) is 1. The van der Waals surface area contributed by atoms with Crippen molar-refractivity contribution in [3.05, 3.63) is 39.6 Å². The van der Waals surface area contributed by atoms with Crippen molar-refractivity contribution in [3.63, 3.8) is 0 Å². The Bertz CT molecular complexity index is 480. The molecule has 0 saturated carbocycles. The topological polar surface area (TPSA) is 46.5 Å². The first-order chi connectivity index (χ1) is 7.50. The molecule has 0 atom stereocenters. The fraction of sp³-hybridized carbons (Fsp3) is 0.250. The fourth-order valence-corrected chi connectivity index (χ4v) is 2.29. The Balaban J connectivity index is 2.65. The molecule has 0 bridgehead atoms. The number of esters is 1. The number of ether oxygens (including phenoxy) is 1. The molecule has 1 aromatic rings. The lowest BCUT2D eigenvalue weighted by atomic mass is 9.98. The normalized spacial score (nSPS) is 15.6. The van der Waals surface area contributed by atoms with Crippen LogP contribution in [0.3, 0.4) is 0 Å². The summed E-state index contributed by atoms with van der Waals surface area (Å²) in [4.78, 5) is 11.5. The Labute approximate surface area is 98.3 Å². The molecule has 16 heavy (non-hydrogen) atoms. The second-order valence-corrected chi connectivity index (χ2v) is 4.24. The molecule has 0 radical (unpaired) electrons. The van der Waals surface area contributed by atoms with E-state index in [9.17, 15) is 9.90 Å². The van der Waals surface area contributed by atoms with Crippen LogP contribution in [-0.2, 0) is 9.53 Å². The average molecular weight is 239 g/mol. The minimum Gasteiger partial charge on any atom is -0.508 e. The molecule has 0 amide bonds. The molecule has 0 aromatic heterocycles. The summed E-state index contributed by atoms with van der Waals surface area (Å²) in [7, 11) is 0. The molecule has 1 aliphatic rings. The Morgan fingerprint density at radius 1 is 1.38 bits per heavy atom. The summed E-state index contributed by atoms with van der Waals surface area (Å²) in [5.74, 6) is -0.579. The standard InChI is InChI=1S/C12H11ClO3/c1-6-3-7(2)10(8(13)4-6)11-9(14)5-16-12(11)15/h3-4,14H,5H2,1-2H3. The third-order valence-corrected chi connectivity index (χ3v) is 2.81. The van der Waals surface area contributed by atoms with Gasteiger partial charge in [-0.05, 0) is 31.0 Å². The van der Waals surface area contributed by atoms with Crippen molar-refractivity contribution in [1.29, 1.82) is 0 Å². The Hall–Kier alpha value is -1.48. The molecule has 0 spiro atoms. The first-order valence-corrected chi connectivity index (χ1v) is 5.25. The summed E-state index contributed by atoms with van der Waals surface area (Å²) in [6, 6.07) is 3.67. The zero-order valence-corrected chi connectivity index (χ0v) is 9.76. The van der Waals surface area contributed by atoms with Gasteiger partial charge in [-0.15, -0.1) is 0 Å². The van der Waals surface area contributed by atoms with E-state index in [2.05, 4.69) is 0 Å². The Morgan fingerprint density at radius 3 is 2.56 bits per heavy atom. The van der Waals surface area contributed by atoms with Gasteiger partial charge in [-0.3, -0.25) is 0 Å². The van der Waals surface area contributed by atoms with Crippen LogP contribution in [0.25, 0.3) is 5.57 Å². The van der Waals surface area contributed by atoms with Crippen molar-refractivity contribution >= 4 is 23.1 Å². The van der Waals surface area contributed by atoms with Crippen molar-refractivity contribution in [2.75, 3.05) is 6.61 Å². The van der Waals surface area contributed by atoms with E-state index < -0.39 is 5.97 Å². The van der Waals surface area contributed by atoms with Crippen LogP contribution in [0, 0.1) is 13.8 Å². The van der Waals surface area contributed by atoms with Gasteiger partial charge in [0.25, 0.3) is 0 Å². The molecule has 1 aliphatic heterocycles. The average Bonchev–Trinajstić information content (AvgIpc) is 2.47. The molecule has 0 aliphatic carbocycles. The molecule has 1 heterocycles. The molecule has 4 heteroatoms.